The van der Waals surface area contributed by atoms with Crippen LogP contribution in [0.15, 0.2) is 91.0 Å². The van der Waals surface area contributed by atoms with Gasteiger partial charge in [-0.15, -0.1) is 0 Å². The Kier molecular flexibility index (Phi) is 3.39. The third-order valence-corrected chi connectivity index (χ3v) is 5.17. The van der Waals surface area contributed by atoms with Crippen molar-refractivity contribution >= 4 is 43.7 Å². The first-order valence-electron chi connectivity index (χ1n) is 8.97. The van der Waals surface area contributed by atoms with E-state index in [1.165, 1.54) is 37.9 Å². The van der Waals surface area contributed by atoms with Crippen molar-refractivity contribution < 1.29 is 0 Å². The summed E-state index contributed by atoms with van der Waals surface area (Å²) in [5, 5.41) is 11.4. The van der Waals surface area contributed by atoms with E-state index in [0.29, 0.717) is 0 Å². The van der Waals surface area contributed by atoms with Gasteiger partial charge in [0.25, 0.3) is 0 Å². The van der Waals surface area contributed by atoms with E-state index in [-0.39, 0.29) is 0 Å². The van der Waals surface area contributed by atoms with Gasteiger partial charge in [-0.3, -0.25) is 0 Å². The molecule has 0 bridgehead atoms. The summed E-state index contributed by atoms with van der Waals surface area (Å²) in [4.78, 5) is 0. The van der Waals surface area contributed by atoms with E-state index in [4.69, 9.17) is 0 Å². The zero-order valence-corrected chi connectivity index (χ0v) is 14.7. The zero-order valence-electron chi connectivity index (χ0n) is 14.7. The number of hydrogen-bond acceptors (Lipinski definition) is 1. The number of aryl methyl sites for hydroxylation is 1. The highest BCUT2D eigenvalue weighted by atomic mass is 14.9. The molecule has 5 aromatic carbocycles. The van der Waals surface area contributed by atoms with E-state index in [0.717, 1.165) is 11.4 Å². The predicted octanol–water partition coefficient (Wildman–Crippen LogP) is 7.20. The van der Waals surface area contributed by atoms with Gasteiger partial charge in [-0.25, -0.2) is 0 Å². The van der Waals surface area contributed by atoms with Crippen LogP contribution in [0.2, 0.25) is 0 Å². The molecule has 0 aromatic heterocycles. The number of benzene rings is 5. The topological polar surface area (TPSA) is 12.0 Å². The van der Waals surface area contributed by atoms with Crippen molar-refractivity contribution in [3.05, 3.63) is 96.6 Å². The van der Waals surface area contributed by atoms with Crippen LogP contribution in [0.1, 0.15) is 5.56 Å². The molecule has 1 N–H and O–H groups in total. The summed E-state index contributed by atoms with van der Waals surface area (Å²) in [6.07, 6.45) is 0. The molecule has 0 aliphatic rings. The molecule has 0 atom stereocenters. The van der Waals surface area contributed by atoms with Gasteiger partial charge in [0.05, 0.1) is 0 Å². The molecule has 0 fully saturated rings. The standard InChI is InChI=1S/C25H19N/c1-17-8-2-7-13-25(17)26-18-14-15-23-21-11-4-3-9-19(21)20-10-5-6-12-22(20)24(23)16-18/h2-16,26H,1H3. The minimum Gasteiger partial charge on any atom is -0.355 e. The predicted molar refractivity (Wildman–Crippen MR) is 113 cm³/mol. The molecule has 0 heterocycles. The summed E-state index contributed by atoms with van der Waals surface area (Å²) in [5.41, 5.74) is 3.51. The largest absolute Gasteiger partial charge is 0.355 e. The van der Waals surface area contributed by atoms with Gasteiger partial charge in [-0.2, -0.15) is 0 Å². The van der Waals surface area contributed by atoms with E-state index in [2.05, 4.69) is 103 Å². The number of fused-ring (bicyclic) bond motifs is 6. The van der Waals surface area contributed by atoms with Gasteiger partial charge in [0, 0.05) is 11.4 Å². The number of nitrogens with one attached hydrogen (secondary N) is 1. The molecular weight excluding hydrogens is 314 g/mol. The molecule has 0 aliphatic heterocycles. The van der Waals surface area contributed by atoms with Gasteiger partial charge in [0.1, 0.15) is 0 Å². The maximum Gasteiger partial charge on any atom is 0.0413 e. The lowest BCUT2D eigenvalue weighted by Gasteiger charge is -2.13. The molecule has 124 valence electrons. The van der Waals surface area contributed by atoms with Crippen molar-refractivity contribution in [1.29, 1.82) is 0 Å². The molecule has 1 heteroatoms. The van der Waals surface area contributed by atoms with E-state index in [1.54, 1.807) is 0 Å². The Morgan fingerprint density at radius 1 is 0.500 bits per heavy atom. The molecule has 26 heavy (non-hydrogen) atoms. The molecule has 0 saturated heterocycles. The quantitative estimate of drug-likeness (QED) is 0.337. The van der Waals surface area contributed by atoms with E-state index in [9.17, 15) is 0 Å². The van der Waals surface area contributed by atoms with Crippen LogP contribution in [0.25, 0.3) is 32.3 Å². The van der Waals surface area contributed by atoms with Crippen LogP contribution in [0, 0.1) is 6.92 Å². The molecule has 0 saturated carbocycles. The van der Waals surface area contributed by atoms with Gasteiger partial charge < -0.3 is 5.32 Å². The Morgan fingerprint density at radius 3 is 1.62 bits per heavy atom. The molecule has 5 rings (SSSR count). The lowest BCUT2D eigenvalue weighted by molar-refractivity contribution is 1.44. The summed E-state index contributed by atoms with van der Waals surface area (Å²) >= 11 is 0. The van der Waals surface area contributed by atoms with Gasteiger partial charge >= 0.3 is 0 Å². The highest BCUT2D eigenvalue weighted by Crippen LogP contribution is 2.36. The maximum absolute atomic E-state index is 3.58. The first kappa shape index (κ1) is 15.0. The van der Waals surface area contributed by atoms with Crippen molar-refractivity contribution in [2.24, 2.45) is 0 Å². The molecule has 0 aliphatic carbocycles. The number of para-hydroxylation sites is 1. The Morgan fingerprint density at radius 2 is 1.00 bits per heavy atom. The van der Waals surface area contributed by atoms with Crippen LogP contribution in [0.5, 0.6) is 0 Å². The fourth-order valence-electron chi connectivity index (χ4n) is 3.85. The molecule has 0 amide bonds. The van der Waals surface area contributed by atoms with Crippen molar-refractivity contribution in [2.45, 2.75) is 6.92 Å². The Balaban J connectivity index is 1.79. The minimum absolute atomic E-state index is 1.12. The first-order chi connectivity index (χ1) is 12.8. The smallest absolute Gasteiger partial charge is 0.0413 e. The lowest BCUT2D eigenvalue weighted by atomic mass is 9.94. The molecule has 5 aromatic rings. The fraction of sp³-hybridized carbons (Fsp3) is 0.0400. The summed E-state index contributed by atoms with van der Waals surface area (Å²) in [7, 11) is 0. The van der Waals surface area contributed by atoms with Gasteiger partial charge in [0.15, 0.2) is 0 Å². The van der Waals surface area contributed by atoms with E-state index >= 15 is 0 Å². The highest BCUT2D eigenvalue weighted by molar-refractivity contribution is 6.25. The van der Waals surface area contributed by atoms with Crippen LogP contribution in [-0.2, 0) is 0 Å². The van der Waals surface area contributed by atoms with Gasteiger partial charge in [-0.1, -0.05) is 72.8 Å². The van der Waals surface area contributed by atoms with Crippen LogP contribution in [0.4, 0.5) is 11.4 Å². The second-order valence-corrected chi connectivity index (χ2v) is 6.79. The Hall–Kier alpha value is -3.32. The first-order valence-corrected chi connectivity index (χ1v) is 8.97. The zero-order chi connectivity index (χ0) is 17.5. The average Bonchev–Trinajstić information content (AvgIpc) is 2.70. The van der Waals surface area contributed by atoms with Crippen LogP contribution >= 0.6 is 0 Å². The number of hydrogen-bond donors (Lipinski definition) is 1. The molecule has 0 spiro atoms. The monoisotopic (exact) mass is 333 g/mol. The summed E-state index contributed by atoms with van der Waals surface area (Å²) in [6.45, 7) is 2.13. The summed E-state index contributed by atoms with van der Waals surface area (Å²) in [6, 6.07) is 32.5. The van der Waals surface area contributed by atoms with E-state index < -0.39 is 0 Å². The van der Waals surface area contributed by atoms with E-state index in [1.807, 2.05) is 0 Å². The molecule has 0 radical (unpaired) electrons. The van der Waals surface area contributed by atoms with Crippen molar-refractivity contribution in [3.63, 3.8) is 0 Å². The molecule has 0 unspecified atom stereocenters. The fourth-order valence-corrected chi connectivity index (χ4v) is 3.85. The maximum atomic E-state index is 3.58. The van der Waals surface area contributed by atoms with Gasteiger partial charge in [0.2, 0.25) is 0 Å². The van der Waals surface area contributed by atoms with Crippen molar-refractivity contribution in [2.75, 3.05) is 5.32 Å². The highest BCUT2D eigenvalue weighted by Gasteiger charge is 2.09. The van der Waals surface area contributed by atoms with Gasteiger partial charge in [-0.05, 0) is 63.0 Å². The van der Waals surface area contributed by atoms with Crippen LogP contribution in [-0.4, -0.2) is 0 Å². The Labute approximate surface area is 152 Å². The SMILES string of the molecule is Cc1ccccc1Nc1ccc2c3ccccc3c3ccccc3c2c1. The molecular formula is C25H19N. The average molecular weight is 333 g/mol. The Bertz CT molecular complexity index is 1230. The summed E-state index contributed by atoms with van der Waals surface area (Å²) in [5.74, 6) is 0. The normalized spacial score (nSPS) is 11.3. The minimum atomic E-state index is 1.12. The summed E-state index contributed by atoms with van der Waals surface area (Å²) < 4.78 is 0. The second kappa shape index (κ2) is 5.89. The molecule has 1 nitrogen and oxygen atoms in total. The number of rotatable bonds is 2. The van der Waals surface area contributed by atoms with Crippen molar-refractivity contribution in [1.82, 2.24) is 0 Å². The van der Waals surface area contributed by atoms with Crippen molar-refractivity contribution in [3.8, 4) is 0 Å². The third kappa shape index (κ3) is 2.33. The number of anilines is 2. The second-order valence-electron chi connectivity index (χ2n) is 6.79. The lowest BCUT2D eigenvalue weighted by Crippen LogP contribution is -1.93. The van der Waals surface area contributed by atoms with Crippen LogP contribution in [0.3, 0.4) is 0 Å². The third-order valence-electron chi connectivity index (χ3n) is 5.17. The van der Waals surface area contributed by atoms with Crippen LogP contribution < -0.4 is 5.32 Å².